The van der Waals surface area contributed by atoms with Crippen LogP contribution in [0.3, 0.4) is 0 Å². The van der Waals surface area contributed by atoms with Crippen molar-refractivity contribution in [3.63, 3.8) is 0 Å². The summed E-state index contributed by atoms with van der Waals surface area (Å²) in [5.41, 5.74) is 3.13. The van der Waals surface area contributed by atoms with E-state index in [1.165, 1.54) is 12.3 Å². The van der Waals surface area contributed by atoms with Gasteiger partial charge in [-0.25, -0.2) is 5.43 Å². The van der Waals surface area contributed by atoms with E-state index in [2.05, 4.69) is 15.8 Å². The Morgan fingerprint density at radius 3 is 2.52 bits per heavy atom. The number of nitrogens with one attached hydrogen (secondary N) is 2. The van der Waals surface area contributed by atoms with Gasteiger partial charge in [0.25, 0.3) is 11.8 Å². The van der Waals surface area contributed by atoms with Crippen LogP contribution in [0.1, 0.15) is 15.9 Å². The second-order valence-electron chi connectivity index (χ2n) is 4.54. The van der Waals surface area contributed by atoms with Crippen molar-refractivity contribution in [2.24, 2.45) is 5.10 Å². The number of carbonyl (C=O) groups is 2. The number of amides is 2. The number of rotatable bonds is 5. The van der Waals surface area contributed by atoms with Crippen molar-refractivity contribution < 1.29 is 14.7 Å². The predicted octanol–water partition coefficient (Wildman–Crippen LogP) is 1.93. The standard InChI is InChI=1S/C16H14ClN3O3/c17-13-7-5-11(6-8-13)16(23)18-10-15(22)20-19-9-12-3-1-2-4-14(12)21/h1-9,21H,10H2,(H,18,23)(H,20,22). The number of phenols is 1. The van der Waals surface area contributed by atoms with Gasteiger partial charge >= 0.3 is 0 Å². The first-order valence-electron chi connectivity index (χ1n) is 6.70. The van der Waals surface area contributed by atoms with Gasteiger partial charge in [-0.2, -0.15) is 5.10 Å². The molecule has 0 aliphatic heterocycles. The molecule has 2 aromatic rings. The third-order valence-electron chi connectivity index (χ3n) is 2.85. The number of aromatic hydroxyl groups is 1. The summed E-state index contributed by atoms with van der Waals surface area (Å²) in [4.78, 5) is 23.4. The minimum Gasteiger partial charge on any atom is -0.507 e. The molecule has 23 heavy (non-hydrogen) atoms. The summed E-state index contributed by atoms with van der Waals surface area (Å²) in [5, 5.41) is 16.2. The number of benzene rings is 2. The van der Waals surface area contributed by atoms with E-state index >= 15 is 0 Å². The molecule has 0 spiro atoms. The third kappa shape index (κ3) is 5.12. The van der Waals surface area contributed by atoms with Gasteiger partial charge in [0.1, 0.15) is 5.75 Å². The van der Waals surface area contributed by atoms with E-state index in [4.69, 9.17) is 11.6 Å². The molecule has 7 heteroatoms. The fraction of sp³-hybridized carbons (Fsp3) is 0.0625. The molecule has 0 aliphatic carbocycles. The summed E-state index contributed by atoms with van der Waals surface area (Å²) >= 11 is 5.73. The Kier molecular flexibility index (Phi) is 5.71. The molecule has 0 aromatic heterocycles. The van der Waals surface area contributed by atoms with Gasteiger partial charge in [0, 0.05) is 16.1 Å². The fourth-order valence-corrected chi connectivity index (χ4v) is 1.80. The lowest BCUT2D eigenvalue weighted by Gasteiger charge is -2.04. The van der Waals surface area contributed by atoms with E-state index < -0.39 is 5.91 Å². The van der Waals surface area contributed by atoms with E-state index in [0.717, 1.165) is 0 Å². The average molecular weight is 332 g/mol. The van der Waals surface area contributed by atoms with Crippen LogP contribution in [-0.4, -0.2) is 29.7 Å². The molecule has 0 saturated heterocycles. The van der Waals surface area contributed by atoms with E-state index in [-0.39, 0.29) is 18.2 Å². The molecule has 0 aliphatic rings. The van der Waals surface area contributed by atoms with Crippen LogP contribution in [0.25, 0.3) is 0 Å². The van der Waals surface area contributed by atoms with Gasteiger partial charge in [-0.3, -0.25) is 9.59 Å². The van der Waals surface area contributed by atoms with Crippen molar-refractivity contribution in [2.75, 3.05) is 6.54 Å². The minimum absolute atomic E-state index is 0.0570. The van der Waals surface area contributed by atoms with Crippen molar-refractivity contribution >= 4 is 29.6 Å². The largest absolute Gasteiger partial charge is 0.507 e. The number of halogens is 1. The molecule has 0 heterocycles. The Balaban J connectivity index is 1.80. The zero-order chi connectivity index (χ0) is 16.7. The molecular formula is C16H14ClN3O3. The Morgan fingerprint density at radius 2 is 1.83 bits per heavy atom. The van der Waals surface area contributed by atoms with E-state index in [1.807, 2.05) is 0 Å². The maximum Gasteiger partial charge on any atom is 0.259 e. The first-order valence-corrected chi connectivity index (χ1v) is 7.08. The Hall–Kier alpha value is -2.86. The normalized spacial score (nSPS) is 10.5. The highest BCUT2D eigenvalue weighted by atomic mass is 35.5. The van der Waals surface area contributed by atoms with Crippen LogP contribution in [0.15, 0.2) is 53.6 Å². The Bertz CT molecular complexity index is 730. The fourth-order valence-electron chi connectivity index (χ4n) is 1.67. The molecule has 0 atom stereocenters. The lowest BCUT2D eigenvalue weighted by atomic mass is 10.2. The smallest absolute Gasteiger partial charge is 0.259 e. The van der Waals surface area contributed by atoms with Gasteiger partial charge in [-0.1, -0.05) is 23.7 Å². The number of nitrogens with zero attached hydrogens (tertiary/aromatic N) is 1. The predicted molar refractivity (Wildman–Crippen MR) is 87.6 cm³/mol. The van der Waals surface area contributed by atoms with Crippen molar-refractivity contribution in [1.82, 2.24) is 10.7 Å². The molecular weight excluding hydrogens is 318 g/mol. The van der Waals surface area contributed by atoms with Gasteiger partial charge < -0.3 is 10.4 Å². The summed E-state index contributed by atoms with van der Waals surface area (Å²) in [6.07, 6.45) is 1.31. The van der Waals surface area contributed by atoms with E-state index in [0.29, 0.717) is 16.1 Å². The molecule has 0 fully saturated rings. The maximum absolute atomic E-state index is 11.8. The average Bonchev–Trinajstić information content (AvgIpc) is 2.55. The summed E-state index contributed by atoms with van der Waals surface area (Å²) in [5.74, 6) is -0.818. The summed E-state index contributed by atoms with van der Waals surface area (Å²) < 4.78 is 0. The van der Waals surface area contributed by atoms with Crippen LogP contribution in [0.2, 0.25) is 5.02 Å². The number of phenolic OH excluding ortho intramolecular Hbond substituents is 1. The summed E-state index contributed by atoms with van der Waals surface area (Å²) in [6, 6.07) is 12.9. The number of hydrogen-bond donors (Lipinski definition) is 3. The summed E-state index contributed by atoms with van der Waals surface area (Å²) in [7, 11) is 0. The highest BCUT2D eigenvalue weighted by Gasteiger charge is 2.07. The molecule has 0 unspecified atom stereocenters. The highest BCUT2D eigenvalue weighted by Crippen LogP contribution is 2.12. The molecule has 0 radical (unpaired) electrons. The summed E-state index contributed by atoms with van der Waals surface area (Å²) in [6.45, 7) is -0.223. The van der Waals surface area contributed by atoms with Crippen molar-refractivity contribution in [2.45, 2.75) is 0 Å². The molecule has 0 saturated carbocycles. The van der Waals surface area contributed by atoms with Gasteiger partial charge in [-0.05, 0) is 36.4 Å². The van der Waals surface area contributed by atoms with E-state index in [1.54, 1.807) is 42.5 Å². The van der Waals surface area contributed by atoms with Crippen molar-refractivity contribution in [3.05, 3.63) is 64.7 Å². The molecule has 6 nitrogen and oxygen atoms in total. The lowest BCUT2D eigenvalue weighted by molar-refractivity contribution is -0.120. The first kappa shape index (κ1) is 16.5. The van der Waals surface area contributed by atoms with Crippen LogP contribution < -0.4 is 10.7 Å². The number of hydrazone groups is 1. The molecule has 2 aromatic carbocycles. The van der Waals surface area contributed by atoms with Crippen LogP contribution in [0.4, 0.5) is 0 Å². The minimum atomic E-state index is -0.487. The first-order chi connectivity index (χ1) is 11.1. The highest BCUT2D eigenvalue weighted by molar-refractivity contribution is 6.30. The van der Waals surface area contributed by atoms with Gasteiger partial charge in [0.15, 0.2) is 0 Å². The Labute approximate surface area is 137 Å². The quantitative estimate of drug-likeness (QED) is 0.577. The topological polar surface area (TPSA) is 90.8 Å². The van der Waals surface area contributed by atoms with Crippen LogP contribution in [0.5, 0.6) is 5.75 Å². The monoisotopic (exact) mass is 331 g/mol. The van der Waals surface area contributed by atoms with Crippen LogP contribution >= 0.6 is 11.6 Å². The van der Waals surface area contributed by atoms with Crippen molar-refractivity contribution in [1.29, 1.82) is 0 Å². The van der Waals surface area contributed by atoms with Crippen molar-refractivity contribution in [3.8, 4) is 5.75 Å². The number of para-hydroxylation sites is 1. The maximum atomic E-state index is 11.8. The number of carbonyl (C=O) groups excluding carboxylic acids is 2. The lowest BCUT2D eigenvalue weighted by Crippen LogP contribution is -2.34. The van der Waals surface area contributed by atoms with Crippen LogP contribution in [0, 0.1) is 0 Å². The van der Waals surface area contributed by atoms with Gasteiger partial charge in [-0.15, -0.1) is 0 Å². The zero-order valence-corrected chi connectivity index (χ0v) is 12.7. The second-order valence-corrected chi connectivity index (χ2v) is 4.98. The van der Waals surface area contributed by atoms with E-state index in [9.17, 15) is 14.7 Å². The SMILES string of the molecule is O=C(CNC(=O)c1ccc(Cl)cc1)NN=Cc1ccccc1O. The van der Waals surface area contributed by atoms with Gasteiger partial charge in [0.2, 0.25) is 0 Å². The number of hydrogen-bond acceptors (Lipinski definition) is 4. The molecule has 118 valence electrons. The molecule has 0 bridgehead atoms. The Morgan fingerprint density at radius 1 is 1.13 bits per heavy atom. The molecule has 2 amide bonds. The van der Waals surface area contributed by atoms with Gasteiger partial charge in [0.05, 0.1) is 12.8 Å². The zero-order valence-electron chi connectivity index (χ0n) is 12.0. The third-order valence-corrected chi connectivity index (χ3v) is 3.10. The van der Waals surface area contributed by atoms with Crippen LogP contribution in [-0.2, 0) is 4.79 Å². The molecule has 3 N–H and O–H groups in total. The second kappa shape index (κ2) is 7.95. The molecule has 2 rings (SSSR count).